The molecule has 0 saturated carbocycles. The monoisotopic (exact) mass is 566 g/mol. The van der Waals surface area contributed by atoms with Crippen molar-refractivity contribution >= 4 is 27.7 Å². The molecule has 0 unspecified atom stereocenters. The van der Waals surface area contributed by atoms with Crippen LogP contribution in [-0.2, 0) is 16.1 Å². The van der Waals surface area contributed by atoms with Gasteiger partial charge >= 0.3 is 0 Å². The number of aliphatic hydroxyl groups is 1. The number of halogens is 2. The Balaban J connectivity index is 1.67. The zero-order valence-corrected chi connectivity index (χ0v) is 21.8. The topological polar surface area (TPSA) is 80.2 Å². The number of rotatable bonds is 11. The van der Waals surface area contributed by atoms with Crippen molar-refractivity contribution in [1.82, 2.24) is 5.32 Å². The summed E-state index contributed by atoms with van der Waals surface area (Å²) in [6.45, 7) is 4.35. The number of aliphatic hydroxyl groups excluding tert-OH is 1. The second-order valence-electron chi connectivity index (χ2n) is 8.61. The third-order valence-corrected chi connectivity index (χ3v) is 6.58. The molecule has 0 bridgehead atoms. The molecule has 192 valence electrons. The number of benzene rings is 3. The van der Waals surface area contributed by atoms with Crippen molar-refractivity contribution in [3.8, 4) is 5.75 Å². The molecule has 4 rings (SSSR count). The lowest BCUT2D eigenvalue weighted by atomic mass is 9.84. The van der Waals surface area contributed by atoms with Crippen molar-refractivity contribution in [2.24, 2.45) is 4.99 Å². The number of nitrogens with one attached hydrogen (secondary N) is 1. The van der Waals surface area contributed by atoms with Crippen molar-refractivity contribution in [1.29, 1.82) is 0 Å². The van der Waals surface area contributed by atoms with E-state index in [1.54, 1.807) is 36.4 Å². The number of ether oxygens (including phenoxy) is 2. The fourth-order valence-corrected chi connectivity index (χ4v) is 4.41. The van der Waals surface area contributed by atoms with Gasteiger partial charge in [-0.15, -0.1) is 6.58 Å². The first-order valence-electron chi connectivity index (χ1n) is 12.0. The number of hydrogen-bond donors (Lipinski definition) is 2. The number of carbonyl (C=O) groups excluding carboxylic acids is 1. The normalized spacial score (nSPS) is 18.6. The highest BCUT2D eigenvalue weighted by atomic mass is 79.9. The fraction of sp³-hybridized carbons (Fsp3) is 0.241. The van der Waals surface area contributed by atoms with E-state index >= 15 is 0 Å². The van der Waals surface area contributed by atoms with Gasteiger partial charge in [-0.2, -0.15) is 0 Å². The van der Waals surface area contributed by atoms with E-state index in [-0.39, 0.29) is 25.5 Å². The van der Waals surface area contributed by atoms with Gasteiger partial charge in [-0.05, 0) is 48.0 Å². The first-order valence-corrected chi connectivity index (χ1v) is 12.7. The Morgan fingerprint density at radius 1 is 1.16 bits per heavy atom. The minimum absolute atomic E-state index is 0.0161. The summed E-state index contributed by atoms with van der Waals surface area (Å²) in [5.41, 5.74) is 0.495. The largest absolute Gasteiger partial charge is 0.494 e. The minimum atomic E-state index is -1.34. The fourth-order valence-electron chi connectivity index (χ4n) is 4.14. The molecule has 37 heavy (non-hydrogen) atoms. The van der Waals surface area contributed by atoms with Crippen LogP contribution in [0.5, 0.6) is 5.75 Å². The summed E-state index contributed by atoms with van der Waals surface area (Å²) in [5.74, 6) is 0.193. The number of carbonyl (C=O) groups is 1. The lowest BCUT2D eigenvalue weighted by Gasteiger charge is -2.29. The average molecular weight is 567 g/mol. The van der Waals surface area contributed by atoms with Gasteiger partial charge in [0.2, 0.25) is 5.90 Å². The van der Waals surface area contributed by atoms with Gasteiger partial charge in [0.25, 0.3) is 5.91 Å². The minimum Gasteiger partial charge on any atom is -0.494 e. The van der Waals surface area contributed by atoms with Crippen molar-refractivity contribution in [2.75, 3.05) is 13.2 Å². The van der Waals surface area contributed by atoms with E-state index in [1.165, 1.54) is 6.07 Å². The Bertz CT molecular complexity index is 1260. The second kappa shape index (κ2) is 12.2. The first-order chi connectivity index (χ1) is 18.0. The first kappa shape index (κ1) is 26.6. The molecule has 2 N–H and O–H groups in total. The van der Waals surface area contributed by atoms with E-state index in [0.717, 1.165) is 10.0 Å². The van der Waals surface area contributed by atoms with Crippen LogP contribution in [0.15, 0.2) is 94.9 Å². The molecule has 2 atom stereocenters. The molecule has 0 saturated heterocycles. The van der Waals surface area contributed by atoms with E-state index in [1.807, 2.05) is 36.4 Å². The smallest absolute Gasteiger partial charge is 0.252 e. The number of amides is 1. The van der Waals surface area contributed by atoms with Gasteiger partial charge < -0.3 is 19.9 Å². The predicted molar refractivity (Wildman–Crippen MR) is 144 cm³/mol. The Hall–Kier alpha value is -3.49. The van der Waals surface area contributed by atoms with Gasteiger partial charge in [0, 0.05) is 41.6 Å². The third kappa shape index (κ3) is 6.09. The molecule has 1 aliphatic rings. The Morgan fingerprint density at radius 2 is 1.89 bits per heavy atom. The Morgan fingerprint density at radius 3 is 2.57 bits per heavy atom. The maximum absolute atomic E-state index is 14.2. The SMILES string of the molecule is C=CC[C@@]1(C(=O)NCc2ccccc2F)N=C(c2ccc(OCCCO)cc2)O[C@@H]1c1ccc(Br)cc1. The predicted octanol–water partition coefficient (Wildman–Crippen LogP) is 5.50. The van der Waals surface area contributed by atoms with Gasteiger partial charge in [0.05, 0.1) is 6.61 Å². The summed E-state index contributed by atoms with van der Waals surface area (Å²) < 4.78 is 27.1. The van der Waals surface area contributed by atoms with Gasteiger partial charge in [-0.3, -0.25) is 4.79 Å². The van der Waals surface area contributed by atoms with Gasteiger partial charge in [0.1, 0.15) is 11.6 Å². The molecule has 8 heteroatoms. The van der Waals surface area contributed by atoms with Crippen LogP contribution in [0, 0.1) is 5.82 Å². The maximum Gasteiger partial charge on any atom is 0.252 e. The van der Waals surface area contributed by atoms with E-state index in [9.17, 15) is 9.18 Å². The van der Waals surface area contributed by atoms with Crippen molar-refractivity contribution in [3.63, 3.8) is 0 Å². The van der Waals surface area contributed by atoms with Crippen LogP contribution in [0.25, 0.3) is 0 Å². The molecule has 0 fully saturated rings. The maximum atomic E-state index is 14.2. The number of aliphatic imine (C=N–C) groups is 1. The molecule has 0 aromatic heterocycles. The number of nitrogens with zero attached hydrogens (tertiary/aromatic N) is 1. The molecular formula is C29H28BrFN2O4. The summed E-state index contributed by atoms with van der Waals surface area (Å²) >= 11 is 3.45. The van der Waals surface area contributed by atoms with Gasteiger partial charge in [-0.25, -0.2) is 9.38 Å². The average Bonchev–Trinajstić information content (AvgIpc) is 3.30. The summed E-state index contributed by atoms with van der Waals surface area (Å²) in [5, 5.41) is 11.8. The highest BCUT2D eigenvalue weighted by Gasteiger charge is 2.52. The van der Waals surface area contributed by atoms with Gasteiger partial charge in [0.15, 0.2) is 11.6 Å². The lowest BCUT2D eigenvalue weighted by molar-refractivity contribution is -0.129. The van der Waals surface area contributed by atoms with E-state index in [2.05, 4.69) is 27.8 Å². The van der Waals surface area contributed by atoms with Crippen LogP contribution in [0.1, 0.15) is 35.6 Å². The molecule has 3 aromatic carbocycles. The van der Waals surface area contributed by atoms with Crippen molar-refractivity contribution in [2.45, 2.75) is 31.0 Å². The summed E-state index contributed by atoms with van der Waals surface area (Å²) in [6.07, 6.45) is 1.67. The van der Waals surface area contributed by atoms with Crippen LogP contribution in [-0.4, -0.2) is 35.7 Å². The third-order valence-electron chi connectivity index (χ3n) is 6.06. The van der Waals surface area contributed by atoms with E-state index in [0.29, 0.717) is 35.8 Å². The molecule has 1 amide bonds. The summed E-state index contributed by atoms with van der Waals surface area (Å²) in [7, 11) is 0. The molecule has 0 radical (unpaired) electrons. The van der Waals surface area contributed by atoms with Gasteiger partial charge in [-0.1, -0.05) is 52.3 Å². The molecule has 1 heterocycles. The van der Waals surface area contributed by atoms with Crippen LogP contribution < -0.4 is 10.1 Å². The second-order valence-corrected chi connectivity index (χ2v) is 9.52. The molecule has 0 aliphatic carbocycles. The molecule has 1 aliphatic heterocycles. The lowest BCUT2D eigenvalue weighted by Crippen LogP contribution is -2.47. The summed E-state index contributed by atoms with van der Waals surface area (Å²) in [4.78, 5) is 18.6. The van der Waals surface area contributed by atoms with Crippen LogP contribution in [0.3, 0.4) is 0 Å². The van der Waals surface area contributed by atoms with Crippen LogP contribution in [0.4, 0.5) is 4.39 Å². The van der Waals surface area contributed by atoms with Crippen LogP contribution in [0.2, 0.25) is 0 Å². The molecule has 0 spiro atoms. The summed E-state index contributed by atoms with van der Waals surface area (Å²) in [6, 6.07) is 21.0. The van der Waals surface area contributed by atoms with Crippen LogP contribution >= 0.6 is 15.9 Å². The highest BCUT2D eigenvalue weighted by Crippen LogP contribution is 2.43. The van der Waals surface area contributed by atoms with E-state index < -0.39 is 17.5 Å². The van der Waals surface area contributed by atoms with E-state index in [4.69, 9.17) is 19.6 Å². The Labute approximate surface area is 224 Å². The van der Waals surface area contributed by atoms with Crippen molar-refractivity contribution in [3.05, 3.63) is 112 Å². The molecule has 3 aromatic rings. The zero-order valence-electron chi connectivity index (χ0n) is 20.2. The zero-order chi connectivity index (χ0) is 26.3. The molecular weight excluding hydrogens is 539 g/mol. The Kier molecular flexibility index (Phi) is 8.74. The highest BCUT2D eigenvalue weighted by molar-refractivity contribution is 9.10. The number of hydrogen-bond acceptors (Lipinski definition) is 5. The quantitative estimate of drug-likeness (QED) is 0.237. The standard InChI is InChI=1S/C29H28BrFN2O4/c1-2-16-29(28(35)32-19-22-6-3-4-7-25(22)31)26(20-8-12-23(30)13-9-20)37-27(33-29)21-10-14-24(15-11-21)36-18-5-17-34/h2-4,6-15,26,34H,1,5,16-19H2,(H,32,35)/t26-,29-/m1/s1. The van der Waals surface area contributed by atoms with Crippen molar-refractivity contribution < 1.29 is 23.8 Å². The molecule has 6 nitrogen and oxygen atoms in total.